The van der Waals surface area contributed by atoms with Crippen molar-refractivity contribution in [3.8, 4) is 0 Å². The Morgan fingerprint density at radius 3 is 2.71 bits per heavy atom. The van der Waals surface area contributed by atoms with E-state index in [4.69, 9.17) is 9.26 Å². The number of carbonyl (C=O) groups is 2. The second-order valence-electron chi connectivity index (χ2n) is 9.18. The molecule has 0 spiro atoms. The molecule has 1 heterocycles. The third kappa shape index (κ3) is 4.70. The number of sulfonamides is 1. The van der Waals surface area contributed by atoms with E-state index in [1.807, 2.05) is 20.8 Å². The van der Waals surface area contributed by atoms with Crippen LogP contribution in [0.3, 0.4) is 0 Å². The fraction of sp³-hybridized carbons (Fsp3) is 0.762. The maximum Gasteiger partial charge on any atom is 0.240 e. The summed E-state index contributed by atoms with van der Waals surface area (Å²) in [5, 5.41) is 6.28. The molecule has 0 aromatic carbocycles. The van der Waals surface area contributed by atoms with Crippen LogP contribution in [0.2, 0.25) is 0 Å². The van der Waals surface area contributed by atoms with Crippen molar-refractivity contribution in [1.29, 1.82) is 0 Å². The van der Waals surface area contributed by atoms with Gasteiger partial charge in [0.25, 0.3) is 0 Å². The van der Waals surface area contributed by atoms with Crippen LogP contribution in [0.25, 0.3) is 0 Å². The SMILES string of the molecule is CCOCCCN(CC(=O)Nc1cc(C)on1)S(=O)(=O)CC12CCC(CC1=O)C2(C)C. The number of nitrogens with one attached hydrogen (secondary N) is 1. The molecule has 0 aliphatic heterocycles. The maximum atomic E-state index is 13.5. The first-order chi connectivity index (χ1) is 14.5. The minimum absolute atomic E-state index is 0.0362. The number of rotatable bonds is 11. The van der Waals surface area contributed by atoms with Crippen LogP contribution in [0, 0.1) is 23.7 Å². The van der Waals surface area contributed by atoms with Crippen molar-refractivity contribution in [1.82, 2.24) is 9.46 Å². The van der Waals surface area contributed by atoms with Gasteiger partial charge in [-0.3, -0.25) is 9.59 Å². The number of amides is 1. The Hall–Kier alpha value is -1.78. The second kappa shape index (κ2) is 8.99. The van der Waals surface area contributed by atoms with Crippen LogP contribution < -0.4 is 5.32 Å². The number of nitrogens with zero attached hydrogens (tertiary/aromatic N) is 2. The van der Waals surface area contributed by atoms with Crippen molar-refractivity contribution in [3.05, 3.63) is 11.8 Å². The van der Waals surface area contributed by atoms with E-state index in [1.54, 1.807) is 13.0 Å². The third-order valence-electron chi connectivity index (χ3n) is 7.08. The van der Waals surface area contributed by atoms with Gasteiger partial charge in [0.2, 0.25) is 15.9 Å². The summed E-state index contributed by atoms with van der Waals surface area (Å²) in [7, 11) is -3.87. The molecule has 1 aromatic heterocycles. The Morgan fingerprint density at radius 1 is 1.42 bits per heavy atom. The van der Waals surface area contributed by atoms with Crippen LogP contribution in [0.4, 0.5) is 5.82 Å². The molecular formula is C21H33N3O6S. The fourth-order valence-corrected chi connectivity index (χ4v) is 7.29. The lowest BCUT2D eigenvalue weighted by Crippen LogP contribution is -2.48. The second-order valence-corrected chi connectivity index (χ2v) is 11.1. The molecule has 2 atom stereocenters. The highest BCUT2D eigenvalue weighted by molar-refractivity contribution is 7.89. The highest BCUT2D eigenvalue weighted by Crippen LogP contribution is 2.64. The molecule has 3 rings (SSSR count). The monoisotopic (exact) mass is 455 g/mol. The van der Waals surface area contributed by atoms with E-state index >= 15 is 0 Å². The number of aromatic nitrogens is 1. The van der Waals surface area contributed by atoms with Gasteiger partial charge >= 0.3 is 0 Å². The van der Waals surface area contributed by atoms with Crippen LogP contribution in [0.15, 0.2) is 10.6 Å². The average Bonchev–Trinajstić information content (AvgIpc) is 3.24. The summed E-state index contributed by atoms with van der Waals surface area (Å²) in [5.41, 5.74) is -1.25. The van der Waals surface area contributed by atoms with Gasteiger partial charge in [-0.05, 0) is 44.4 Å². The Kier molecular flexibility index (Phi) is 6.93. The highest BCUT2D eigenvalue weighted by atomic mass is 32.2. The number of carbonyl (C=O) groups excluding carboxylic acids is 2. The van der Waals surface area contributed by atoms with E-state index in [0.717, 1.165) is 6.42 Å². The fourth-order valence-electron chi connectivity index (χ4n) is 5.08. The summed E-state index contributed by atoms with van der Waals surface area (Å²) in [6, 6.07) is 1.56. The van der Waals surface area contributed by atoms with Crippen molar-refractivity contribution in [2.45, 2.75) is 53.4 Å². The average molecular weight is 456 g/mol. The lowest BCUT2D eigenvalue weighted by molar-refractivity contribution is -0.128. The van der Waals surface area contributed by atoms with Gasteiger partial charge in [-0.1, -0.05) is 19.0 Å². The number of hydrogen-bond acceptors (Lipinski definition) is 7. The van der Waals surface area contributed by atoms with Gasteiger partial charge < -0.3 is 14.6 Å². The molecule has 1 N–H and O–H groups in total. The van der Waals surface area contributed by atoms with Gasteiger partial charge in [0.1, 0.15) is 11.5 Å². The zero-order chi connectivity index (χ0) is 22.9. The summed E-state index contributed by atoms with van der Waals surface area (Å²) in [5.74, 6) is 0.265. The first kappa shape index (κ1) is 23.9. The first-order valence-electron chi connectivity index (χ1n) is 10.8. The normalized spacial score (nSPS) is 24.8. The first-order valence-corrected chi connectivity index (χ1v) is 12.4. The van der Waals surface area contributed by atoms with Crippen molar-refractivity contribution in [3.63, 3.8) is 0 Å². The van der Waals surface area contributed by atoms with Crippen molar-refractivity contribution in [2.24, 2.45) is 16.7 Å². The minimum atomic E-state index is -3.87. The maximum absolute atomic E-state index is 13.5. The number of Topliss-reactive ketones (excluding diaryl/α,β-unsaturated/α-hetero) is 1. The van der Waals surface area contributed by atoms with Crippen LogP contribution in [-0.4, -0.2) is 61.6 Å². The van der Waals surface area contributed by atoms with Crippen LogP contribution >= 0.6 is 0 Å². The zero-order valence-electron chi connectivity index (χ0n) is 18.8. The lowest BCUT2D eigenvalue weighted by Gasteiger charge is -2.37. The van der Waals surface area contributed by atoms with E-state index in [1.165, 1.54) is 4.31 Å². The van der Waals surface area contributed by atoms with Crippen LogP contribution in [-0.2, 0) is 24.3 Å². The molecule has 1 amide bonds. The van der Waals surface area contributed by atoms with Gasteiger partial charge in [-0.15, -0.1) is 0 Å². The standard InChI is InChI=1S/C21H33N3O6S/c1-5-29-10-6-9-24(13-19(26)22-18-11-15(2)30-23-18)31(27,28)14-21-8-7-16(12-17(21)25)20(21,3)4/h11,16H,5-10,12-14H2,1-4H3,(H,22,23,26). The summed E-state index contributed by atoms with van der Waals surface area (Å²) < 4.78 is 38.4. The van der Waals surface area contributed by atoms with Crippen molar-refractivity contribution < 1.29 is 27.3 Å². The molecule has 2 fully saturated rings. The molecule has 31 heavy (non-hydrogen) atoms. The van der Waals surface area contributed by atoms with E-state index in [0.29, 0.717) is 38.2 Å². The van der Waals surface area contributed by atoms with Crippen LogP contribution in [0.1, 0.15) is 52.2 Å². The highest BCUT2D eigenvalue weighted by Gasteiger charge is 2.65. The minimum Gasteiger partial charge on any atom is -0.382 e. The van der Waals surface area contributed by atoms with Crippen molar-refractivity contribution in [2.75, 3.05) is 37.4 Å². The van der Waals surface area contributed by atoms with E-state index < -0.39 is 21.3 Å². The molecule has 2 bridgehead atoms. The summed E-state index contributed by atoms with van der Waals surface area (Å²) >= 11 is 0. The summed E-state index contributed by atoms with van der Waals surface area (Å²) in [6.45, 7) is 8.29. The topological polar surface area (TPSA) is 119 Å². The third-order valence-corrected chi connectivity index (χ3v) is 9.03. The molecule has 1 aromatic rings. The summed E-state index contributed by atoms with van der Waals surface area (Å²) in [6.07, 6.45) is 2.35. The molecule has 2 unspecified atom stereocenters. The predicted molar refractivity (Wildman–Crippen MR) is 115 cm³/mol. The van der Waals surface area contributed by atoms with Gasteiger partial charge in [0, 0.05) is 37.7 Å². The van der Waals surface area contributed by atoms with Gasteiger partial charge in [-0.2, -0.15) is 4.31 Å². The Bertz CT molecular complexity index is 925. The molecule has 10 heteroatoms. The molecular weight excluding hydrogens is 422 g/mol. The number of fused-ring (bicyclic) bond motifs is 2. The molecule has 9 nitrogen and oxygen atoms in total. The number of aryl methyl sites for hydroxylation is 1. The Balaban J connectivity index is 1.76. The number of anilines is 1. The zero-order valence-corrected chi connectivity index (χ0v) is 19.6. The van der Waals surface area contributed by atoms with Crippen molar-refractivity contribution >= 4 is 27.5 Å². The molecule has 174 valence electrons. The van der Waals surface area contributed by atoms with Gasteiger partial charge in [-0.25, -0.2) is 8.42 Å². The Labute approximate surface area is 183 Å². The smallest absolute Gasteiger partial charge is 0.240 e. The van der Waals surface area contributed by atoms with E-state index in [2.05, 4.69) is 10.5 Å². The number of ether oxygens (including phenoxy) is 1. The Morgan fingerprint density at radius 2 is 2.16 bits per heavy atom. The molecule has 0 radical (unpaired) electrons. The number of ketones is 1. The molecule has 2 aliphatic carbocycles. The van der Waals surface area contributed by atoms with Gasteiger partial charge in [0.15, 0.2) is 5.82 Å². The van der Waals surface area contributed by atoms with Crippen LogP contribution in [0.5, 0.6) is 0 Å². The number of hydrogen-bond donors (Lipinski definition) is 1. The summed E-state index contributed by atoms with van der Waals surface area (Å²) in [4.78, 5) is 25.4. The molecule has 2 saturated carbocycles. The largest absolute Gasteiger partial charge is 0.382 e. The van der Waals surface area contributed by atoms with E-state index in [9.17, 15) is 18.0 Å². The molecule has 2 aliphatic rings. The predicted octanol–water partition coefficient (Wildman–Crippen LogP) is 2.38. The lowest BCUT2D eigenvalue weighted by atomic mass is 9.70. The quantitative estimate of drug-likeness (QED) is 0.509. The van der Waals surface area contributed by atoms with E-state index in [-0.39, 0.29) is 41.8 Å². The van der Waals surface area contributed by atoms with Gasteiger partial charge in [0.05, 0.1) is 12.3 Å². The molecule has 0 saturated heterocycles.